The van der Waals surface area contributed by atoms with Crippen molar-refractivity contribution in [3.63, 3.8) is 0 Å². The maximum atomic E-state index is 12.9. The van der Waals surface area contributed by atoms with Gasteiger partial charge in [0, 0.05) is 13.0 Å². The number of carbonyl (C=O) groups excluding carboxylic acids is 2. The molecule has 4 nitrogen and oxygen atoms in total. The zero-order valence-corrected chi connectivity index (χ0v) is 12.9. The summed E-state index contributed by atoms with van der Waals surface area (Å²) in [5.74, 6) is 0.0396. The van der Waals surface area contributed by atoms with Gasteiger partial charge in [0.25, 0.3) is 0 Å². The minimum absolute atomic E-state index is 0.0468. The van der Waals surface area contributed by atoms with Gasteiger partial charge in [0.1, 0.15) is 0 Å². The molecule has 0 spiro atoms. The molecule has 21 heavy (non-hydrogen) atoms. The maximum Gasteiger partial charge on any atom is 0.240 e. The van der Waals surface area contributed by atoms with Crippen molar-refractivity contribution in [1.29, 1.82) is 0 Å². The molecule has 2 amide bonds. The third kappa shape index (κ3) is 2.09. The van der Waals surface area contributed by atoms with Crippen LogP contribution in [-0.2, 0) is 22.6 Å². The highest BCUT2D eigenvalue weighted by molar-refractivity contribution is 6.22. The summed E-state index contributed by atoms with van der Waals surface area (Å²) in [5, 5.41) is 3.33. The first kappa shape index (κ1) is 14.3. The number of hydrogen-bond acceptors (Lipinski definition) is 3. The van der Waals surface area contributed by atoms with Crippen LogP contribution in [0.2, 0.25) is 0 Å². The van der Waals surface area contributed by atoms with Crippen LogP contribution in [0, 0.1) is 11.3 Å². The molecule has 2 aliphatic rings. The molecule has 1 fully saturated rings. The van der Waals surface area contributed by atoms with Gasteiger partial charge in [0.2, 0.25) is 11.8 Å². The number of fused-ring (bicyclic) bond motifs is 1. The van der Waals surface area contributed by atoms with Gasteiger partial charge in [0.05, 0.1) is 11.1 Å². The SMILES string of the molecule is CC(C)C1(C)CC(=O)N(c2cccc3c2CCNC3)C1=O. The van der Waals surface area contributed by atoms with Crippen LogP contribution in [0.25, 0.3) is 0 Å². The van der Waals surface area contributed by atoms with Crippen molar-refractivity contribution in [2.24, 2.45) is 11.3 Å². The molecule has 112 valence electrons. The van der Waals surface area contributed by atoms with Gasteiger partial charge in [-0.3, -0.25) is 9.59 Å². The molecule has 4 heteroatoms. The summed E-state index contributed by atoms with van der Waals surface area (Å²) < 4.78 is 0. The van der Waals surface area contributed by atoms with Crippen molar-refractivity contribution < 1.29 is 9.59 Å². The van der Waals surface area contributed by atoms with E-state index in [0.717, 1.165) is 30.8 Å². The molecule has 1 atom stereocenters. The van der Waals surface area contributed by atoms with Crippen molar-refractivity contribution in [3.05, 3.63) is 29.3 Å². The van der Waals surface area contributed by atoms with E-state index in [9.17, 15) is 9.59 Å². The predicted octanol–water partition coefficient (Wildman–Crippen LogP) is 2.26. The lowest BCUT2D eigenvalue weighted by Gasteiger charge is -2.28. The Bertz CT molecular complexity index is 609. The fourth-order valence-corrected chi connectivity index (χ4v) is 3.25. The van der Waals surface area contributed by atoms with Crippen LogP contribution in [0.15, 0.2) is 18.2 Å². The Kier molecular flexibility index (Phi) is 3.36. The summed E-state index contributed by atoms with van der Waals surface area (Å²) in [5.41, 5.74) is 2.56. The zero-order valence-electron chi connectivity index (χ0n) is 12.9. The second-order valence-corrected chi connectivity index (χ2v) is 6.62. The lowest BCUT2D eigenvalue weighted by atomic mass is 9.78. The van der Waals surface area contributed by atoms with Gasteiger partial charge >= 0.3 is 0 Å². The van der Waals surface area contributed by atoms with Gasteiger partial charge in [0.15, 0.2) is 0 Å². The fraction of sp³-hybridized carbons (Fsp3) is 0.529. The molecule has 1 unspecified atom stereocenters. The van der Waals surface area contributed by atoms with Crippen molar-refractivity contribution in [2.45, 2.75) is 40.2 Å². The quantitative estimate of drug-likeness (QED) is 0.848. The number of hydrogen-bond donors (Lipinski definition) is 1. The lowest BCUT2D eigenvalue weighted by molar-refractivity contribution is -0.126. The van der Waals surface area contributed by atoms with E-state index in [2.05, 4.69) is 11.4 Å². The van der Waals surface area contributed by atoms with Crippen LogP contribution < -0.4 is 10.2 Å². The molecule has 1 aromatic carbocycles. The Morgan fingerprint density at radius 3 is 2.71 bits per heavy atom. The van der Waals surface area contributed by atoms with Crippen LogP contribution in [0.5, 0.6) is 0 Å². The third-order valence-corrected chi connectivity index (χ3v) is 5.09. The second-order valence-electron chi connectivity index (χ2n) is 6.62. The number of carbonyl (C=O) groups is 2. The smallest absolute Gasteiger partial charge is 0.240 e. The number of amides is 2. The largest absolute Gasteiger partial charge is 0.312 e. The van der Waals surface area contributed by atoms with Gasteiger partial charge < -0.3 is 5.32 Å². The first-order valence-corrected chi connectivity index (χ1v) is 7.64. The summed E-state index contributed by atoms with van der Waals surface area (Å²) in [4.78, 5) is 26.8. The highest BCUT2D eigenvalue weighted by Crippen LogP contribution is 2.42. The van der Waals surface area contributed by atoms with Crippen molar-refractivity contribution in [3.8, 4) is 0 Å². The molecule has 1 N–H and O–H groups in total. The van der Waals surface area contributed by atoms with Gasteiger partial charge in [-0.05, 0) is 43.0 Å². The van der Waals surface area contributed by atoms with Crippen LogP contribution >= 0.6 is 0 Å². The van der Waals surface area contributed by atoms with E-state index in [4.69, 9.17) is 0 Å². The van der Waals surface area contributed by atoms with Crippen LogP contribution in [0.4, 0.5) is 5.69 Å². The summed E-state index contributed by atoms with van der Waals surface area (Å²) in [6, 6.07) is 5.91. The van der Waals surface area contributed by atoms with Gasteiger partial charge in [-0.2, -0.15) is 0 Å². The highest BCUT2D eigenvalue weighted by Gasteiger charge is 2.51. The Balaban J connectivity index is 2.06. The van der Waals surface area contributed by atoms with E-state index >= 15 is 0 Å². The Hall–Kier alpha value is -1.68. The predicted molar refractivity (Wildman–Crippen MR) is 81.9 cm³/mol. The Morgan fingerprint density at radius 1 is 1.29 bits per heavy atom. The molecular formula is C17H22N2O2. The van der Waals surface area contributed by atoms with E-state index in [1.165, 1.54) is 10.5 Å². The van der Waals surface area contributed by atoms with E-state index in [0.29, 0.717) is 6.42 Å². The molecule has 0 bridgehead atoms. The number of rotatable bonds is 2. The summed E-state index contributed by atoms with van der Waals surface area (Å²) in [7, 11) is 0. The van der Waals surface area contributed by atoms with E-state index < -0.39 is 5.41 Å². The average molecular weight is 286 g/mol. The number of nitrogens with one attached hydrogen (secondary N) is 1. The number of nitrogens with zero attached hydrogens (tertiary/aromatic N) is 1. The van der Waals surface area contributed by atoms with Crippen molar-refractivity contribution in [2.75, 3.05) is 11.4 Å². The first-order chi connectivity index (χ1) is 9.95. The molecule has 3 rings (SSSR count). The monoisotopic (exact) mass is 286 g/mol. The first-order valence-electron chi connectivity index (χ1n) is 7.64. The van der Waals surface area contributed by atoms with Gasteiger partial charge in [-0.15, -0.1) is 0 Å². The second kappa shape index (κ2) is 4.95. The number of imide groups is 1. The fourth-order valence-electron chi connectivity index (χ4n) is 3.25. The molecule has 0 aliphatic carbocycles. The molecular weight excluding hydrogens is 264 g/mol. The van der Waals surface area contributed by atoms with E-state index in [1.807, 2.05) is 32.9 Å². The van der Waals surface area contributed by atoms with E-state index in [-0.39, 0.29) is 17.7 Å². The van der Waals surface area contributed by atoms with Gasteiger partial charge in [-0.25, -0.2) is 4.90 Å². The normalized spacial score (nSPS) is 25.6. The Morgan fingerprint density at radius 2 is 2.05 bits per heavy atom. The summed E-state index contributed by atoms with van der Waals surface area (Å²) >= 11 is 0. The number of benzene rings is 1. The van der Waals surface area contributed by atoms with Crippen LogP contribution in [-0.4, -0.2) is 18.4 Å². The summed E-state index contributed by atoms with van der Waals surface area (Å²) in [6.45, 7) is 7.63. The van der Waals surface area contributed by atoms with E-state index in [1.54, 1.807) is 0 Å². The molecule has 1 saturated heterocycles. The van der Waals surface area contributed by atoms with Crippen LogP contribution in [0.3, 0.4) is 0 Å². The zero-order chi connectivity index (χ0) is 15.2. The van der Waals surface area contributed by atoms with Crippen molar-refractivity contribution >= 4 is 17.5 Å². The minimum Gasteiger partial charge on any atom is -0.312 e. The minimum atomic E-state index is -0.577. The third-order valence-electron chi connectivity index (χ3n) is 5.09. The standard InChI is InChI=1S/C17H22N2O2/c1-11(2)17(3)9-15(20)19(16(17)21)14-6-4-5-12-10-18-8-7-13(12)14/h4-6,11,18H,7-10H2,1-3H3. The van der Waals surface area contributed by atoms with Crippen molar-refractivity contribution in [1.82, 2.24) is 5.32 Å². The molecule has 2 heterocycles. The highest BCUT2D eigenvalue weighted by atomic mass is 16.2. The molecule has 0 radical (unpaired) electrons. The van der Waals surface area contributed by atoms with Gasteiger partial charge in [-0.1, -0.05) is 26.0 Å². The Labute approximate surface area is 125 Å². The van der Waals surface area contributed by atoms with Crippen LogP contribution in [0.1, 0.15) is 38.3 Å². The molecule has 0 saturated carbocycles. The molecule has 2 aliphatic heterocycles. The summed E-state index contributed by atoms with van der Waals surface area (Å²) in [6.07, 6.45) is 1.17. The lowest BCUT2D eigenvalue weighted by Crippen LogP contribution is -2.38. The molecule has 0 aromatic heterocycles. The maximum absolute atomic E-state index is 12.9. The number of anilines is 1. The topological polar surface area (TPSA) is 49.4 Å². The molecule has 1 aromatic rings. The average Bonchev–Trinajstić information content (AvgIpc) is 2.70.